The van der Waals surface area contributed by atoms with Gasteiger partial charge >= 0.3 is 0 Å². The van der Waals surface area contributed by atoms with Gasteiger partial charge in [-0.3, -0.25) is 4.79 Å². The molecule has 1 atom stereocenters. The minimum Gasteiger partial charge on any atom is -0.376 e. The van der Waals surface area contributed by atoms with Gasteiger partial charge in [0.15, 0.2) is 5.96 Å². The smallest absolute Gasteiger partial charge is 0.242 e. The monoisotopic (exact) mass is 310 g/mol. The molecule has 1 aliphatic carbocycles. The number of carbonyl (C=O) groups excluding carboxylic acids is 1. The van der Waals surface area contributed by atoms with Crippen LogP contribution in [0.4, 0.5) is 0 Å². The van der Waals surface area contributed by atoms with E-state index in [9.17, 15) is 4.79 Å². The highest BCUT2D eigenvalue weighted by Crippen LogP contribution is 2.17. The molecular weight excluding hydrogens is 280 g/mol. The van der Waals surface area contributed by atoms with Crippen molar-refractivity contribution in [1.82, 2.24) is 16.0 Å². The number of ether oxygens (including phenoxy) is 1. The van der Waals surface area contributed by atoms with Gasteiger partial charge in [-0.05, 0) is 32.6 Å². The molecule has 1 unspecified atom stereocenters. The van der Waals surface area contributed by atoms with Gasteiger partial charge in [-0.1, -0.05) is 19.3 Å². The van der Waals surface area contributed by atoms with Crippen LogP contribution in [-0.4, -0.2) is 50.3 Å². The van der Waals surface area contributed by atoms with Crippen LogP contribution in [0.15, 0.2) is 4.99 Å². The molecule has 1 saturated carbocycles. The van der Waals surface area contributed by atoms with Crippen LogP contribution in [-0.2, 0) is 9.53 Å². The van der Waals surface area contributed by atoms with E-state index in [1.807, 2.05) is 6.92 Å². The van der Waals surface area contributed by atoms with Crippen LogP contribution in [0, 0.1) is 0 Å². The van der Waals surface area contributed by atoms with Gasteiger partial charge in [0.25, 0.3) is 0 Å². The zero-order valence-electron chi connectivity index (χ0n) is 13.7. The highest BCUT2D eigenvalue weighted by Gasteiger charge is 2.17. The van der Waals surface area contributed by atoms with E-state index in [1.165, 1.54) is 19.3 Å². The summed E-state index contributed by atoms with van der Waals surface area (Å²) in [6, 6.07) is 0.346. The Morgan fingerprint density at radius 1 is 1.14 bits per heavy atom. The number of guanidine groups is 1. The van der Waals surface area contributed by atoms with Crippen molar-refractivity contribution in [3.05, 3.63) is 0 Å². The van der Waals surface area contributed by atoms with Gasteiger partial charge < -0.3 is 20.7 Å². The van der Waals surface area contributed by atoms with Gasteiger partial charge in [-0.2, -0.15) is 0 Å². The first kappa shape index (κ1) is 17.1. The van der Waals surface area contributed by atoms with Crippen LogP contribution in [0.1, 0.15) is 51.9 Å². The van der Waals surface area contributed by atoms with E-state index in [-0.39, 0.29) is 18.6 Å². The normalized spacial score (nSPS) is 23.3. The first-order chi connectivity index (χ1) is 10.8. The molecule has 0 aromatic rings. The molecule has 2 aliphatic rings. The Morgan fingerprint density at radius 3 is 2.64 bits per heavy atom. The second-order valence-corrected chi connectivity index (χ2v) is 6.11. The molecule has 6 heteroatoms. The first-order valence-corrected chi connectivity index (χ1v) is 8.71. The Hall–Kier alpha value is -1.30. The molecular formula is C16H30N4O2. The Kier molecular flexibility index (Phi) is 7.49. The third kappa shape index (κ3) is 6.22. The predicted octanol–water partition coefficient (Wildman–Crippen LogP) is 1.17. The van der Waals surface area contributed by atoms with Crippen molar-refractivity contribution in [2.24, 2.45) is 4.99 Å². The third-order valence-electron chi connectivity index (χ3n) is 4.22. The Morgan fingerprint density at radius 2 is 1.95 bits per heavy atom. The first-order valence-electron chi connectivity index (χ1n) is 8.71. The van der Waals surface area contributed by atoms with Crippen LogP contribution in [0.3, 0.4) is 0 Å². The van der Waals surface area contributed by atoms with Crippen molar-refractivity contribution in [2.75, 3.05) is 26.2 Å². The minimum atomic E-state index is 0.0150. The average Bonchev–Trinajstić information content (AvgIpc) is 3.04. The van der Waals surface area contributed by atoms with E-state index in [0.29, 0.717) is 12.0 Å². The van der Waals surface area contributed by atoms with E-state index >= 15 is 0 Å². The van der Waals surface area contributed by atoms with Crippen LogP contribution in [0.25, 0.3) is 0 Å². The van der Waals surface area contributed by atoms with E-state index in [4.69, 9.17) is 4.74 Å². The number of nitrogens with one attached hydrogen (secondary N) is 3. The largest absolute Gasteiger partial charge is 0.376 e. The van der Waals surface area contributed by atoms with Crippen LogP contribution in [0.2, 0.25) is 0 Å². The fourth-order valence-corrected chi connectivity index (χ4v) is 3.03. The summed E-state index contributed by atoms with van der Waals surface area (Å²) in [5.41, 5.74) is 0. The third-order valence-corrected chi connectivity index (χ3v) is 4.22. The molecule has 0 aromatic carbocycles. The lowest BCUT2D eigenvalue weighted by atomic mass is 9.95. The summed E-state index contributed by atoms with van der Waals surface area (Å²) < 4.78 is 5.58. The number of aliphatic imine (C=N–C) groups is 1. The molecule has 1 saturated heterocycles. The molecule has 0 spiro atoms. The highest BCUT2D eigenvalue weighted by molar-refractivity contribution is 5.85. The molecule has 126 valence electrons. The van der Waals surface area contributed by atoms with Crippen molar-refractivity contribution in [3.63, 3.8) is 0 Å². The van der Waals surface area contributed by atoms with E-state index in [0.717, 1.165) is 45.4 Å². The average molecular weight is 310 g/mol. The summed E-state index contributed by atoms with van der Waals surface area (Å²) in [6.07, 6.45) is 8.43. The maximum atomic E-state index is 12.0. The van der Waals surface area contributed by atoms with Gasteiger partial charge in [0.05, 0.1) is 6.10 Å². The zero-order valence-corrected chi connectivity index (χ0v) is 13.7. The number of nitrogens with zero attached hydrogens (tertiary/aromatic N) is 1. The van der Waals surface area contributed by atoms with Crippen LogP contribution < -0.4 is 16.0 Å². The summed E-state index contributed by atoms with van der Waals surface area (Å²) in [5, 5.41) is 9.51. The number of rotatable bonds is 6. The molecule has 1 amide bonds. The lowest BCUT2D eigenvalue weighted by Crippen LogP contribution is -2.42. The molecule has 3 N–H and O–H groups in total. The van der Waals surface area contributed by atoms with E-state index < -0.39 is 0 Å². The zero-order chi connectivity index (χ0) is 15.6. The van der Waals surface area contributed by atoms with Crippen molar-refractivity contribution in [3.8, 4) is 0 Å². The Balaban J connectivity index is 1.71. The molecule has 22 heavy (non-hydrogen) atoms. The second-order valence-electron chi connectivity index (χ2n) is 6.11. The van der Waals surface area contributed by atoms with Crippen LogP contribution in [0.5, 0.6) is 0 Å². The molecule has 0 aromatic heterocycles. The van der Waals surface area contributed by atoms with Gasteiger partial charge in [0.2, 0.25) is 5.91 Å². The standard InChI is InChI=1S/C16H30N4O2/c1-2-17-16(18-11-14-9-6-10-22-14)19-12-15(21)20-13-7-4-3-5-8-13/h13-14H,2-12H2,1H3,(H,20,21)(H2,17,18,19). The van der Waals surface area contributed by atoms with E-state index in [2.05, 4.69) is 20.9 Å². The maximum Gasteiger partial charge on any atom is 0.242 e. The lowest BCUT2D eigenvalue weighted by molar-refractivity contribution is -0.120. The minimum absolute atomic E-state index is 0.0150. The SMILES string of the molecule is CCNC(=NCC(=O)NC1CCCCC1)NCC1CCCO1. The maximum absolute atomic E-state index is 12.0. The Bertz CT molecular complexity index is 361. The molecule has 1 heterocycles. The van der Waals surface area contributed by atoms with E-state index in [1.54, 1.807) is 0 Å². The van der Waals surface area contributed by atoms with Gasteiger partial charge in [0, 0.05) is 25.7 Å². The summed E-state index contributed by atoms with van der Waals surface area (Å²) >= 11 is 0. The number of hydrogen-bond acceptors (Lipinski definition) is 3. The van der Waals surface area contributed by atoms with Gasteiger partial charge in [-0.25, -0.2) is 4.99 Å². The summed E-state index contributed by atoms with van der Waals surface area (Å²) in [6.45, 7) is 4.57. The van der Waals surface area contributed by atoms with Gasteiger partial charge in [0.1, 0.15) is 6.54 Å². The fourth-order valence-electron chi connectivity index (χ4n) is 3.03. The molecule has 0 radical (unpaired) electrons. The fraction of sp³-hybridized carbons (Fsp3) is 0.875. The lowest BCUT2D eigenvalue weighted by Gasteiger charge is -2.22. The van der Waals surface area contributed by atoms with Crippen molar-refractivity contribution < 1.29 is 9.53 Å². The number of carbonyl (C=O) groups is 1. The molecule has 6 nitrogen and oxygen atoms in total. The summed E-state index contributed by atoms with van der Waals surface area (Å²) in [4.78, 5) is 16.3. The van der Waals surface area contributed by atoms with Crippen molar-refractivity contribution >= 4 is 11.9 Å². The number of amides is 1. The molecule has 2 rings (SSSR count). The van der Waals surface area contributed by atoms with Gasteiger partial charge in [-0.15, -0.1) is 0 Å². The summed E-state index contributed by atoms with van der Waals surface area (Å²) in [5.74, 6) is 0.706. The second kappa shape index (κ2) is 9.66. The molecule has 1 aliphatic heterocycles. The predicted molar refractivity (Wildman–Crippen MR) is 88.0 cm³/mol. The quantitative estimate of drug-likeness (QED) is 0.508. The number of hydrogen-bond donors (Lipinski definition) is 3. The highest BCUT2D eigenvalue weighted by atomic mass is 16.5. The molecule has 2 fully saturated rings. The Labute approximate surface area is 133 Å². The topological polar surface area (TPSA) is 74.8 Å². The van der Waals surface area contributed by atoms with Crippen molar-refractivity contribution in [2.45, 2.75) is 64.0 Å². The van der Waals surface area contributed by atoms with Crippen molar-refractivity contribution in [1.29, 1.82) is 0 Å². The summed E-state index contributed by atoms with van der Waals surface area (Å²) in [7, 11) is 0. The molecule has 0 bridgehead atoms. The van der Waals surface area contributed by atoms with Crippen LogP contribution >= 0.6 is 0 Å².